The maximum atomic E-state index is 2.18. The first-order chi connectivity index (χ1) is 13.9. The van der Waals surface area contributed by atoms with E-state index in [-0.39, 0.29) is 0 Å². The van der Waals surface area contributed by atoms with E-state index in [0.717, 1.165) is 0 Å². The Balaban J connectivity index is 0.000000225. The minimum absolute atomic E-state index is 1.39. The van der Waals surface area contributed by atoms with Gasteiger partial charge in [-0.3, -0.25) is 0 Å². The maximum absolute atomic E-state index is 2.18. The Morgan fingerprint density at radius 1 is 0.233 bits per heavy atom. The number of aryl methyl sites for hydroxylation is 6. The predicted molar refractivity (Wildman–Crippen MR) is 136 cm³/mol. The van der Waals surface area contributed by atoms with Crippen LogP contribution >= 0.6 is 0 Å². The zero-order chi connectivity index (χ0) is 23.2. The van der Waals surface area contributed by atoms with Crippen LogP contribution in [0.2, 0.25) is 0 Å². The van der Waals surface area contributed by atoms with Crippen molar-refractivity contribution in [2.75, 3.05) is 0 Å². The van der Waals surface area contributed by atoms with Crippen molar-refractivity contribution in [3.8, 4) is 0 Å². The molecule has 0 aliphatic heterocycles. The van der Waals surface area contributed by atoms with Crippen molar-refractivity contribution in [2.24, 2.45) is 0 Å². The van der Waals surface area contributed by atoms with Gasteiger partial charge in [-0.2, -0.15) is 0 Å². The first-order valence-corrected chi connectivity index (χ1v) is 11.0. The van der Waals surface area contributed by atoms with Gasteiger partial charge in [0.05, 0.1) is 0 Å². The molecule has 0 radical (unpaired) electrons. The predicted octanol–water partition coefficient (Wildman–Crippen LogP) is 8.76. The summed E-state index contributed by atoms with van der Waals surface area (Å²) in [4.78, 5) is 0. The van der Waals surface area contributed by atoms with Crippen LogP contribution in [0.4, 0.5) is 0 Å². The minimum Gasteiger partial charge on any atom is -0.0588 e. The molecule has 0 unspecified atom stereocenters. The van der Waals surface area contributed by atoms with Crippen molar-refractivity contribution in [2.45, 2.75) is 83.1 Å². The van der Waals surface area contributed by atoms with E-state index >= 15 is 0 Å². The molecule has 0 heteroatoms. The average molecular weight is 403 g/mol. The lowest BCUT2D eigenvalue weighted by molar-refractivity contribution is 1.22. The van der Waals surface area contributed by atoms with Crippen LogP contribution in [0.3, 0.4) is 0 Å². The number of hydrogen-bond donors (Lipinski definition) is 0. The molecule has 0 nitrogen and oxygen atoms in total. The summed E-state index contributed by atoms with van der Waals surface area (Å²) in [6.07, 6.45) is 0. The fourth-order valence-corrected chi connectivity index (χ4v) is 3.27. The molecule has 0 fully saturated rings. The lowest BCUT2D eigenvalue weighted by Gasteiger charge is -2.06. The summed E-state index contributed by atoms with van der Waals surface area (Å²) in [5.41, 5.74) is 16.9. The Kier molecular flexibility index (Phi) is 9.56. The molecule has 0 heterocycles. The third-order valence-electron chi connectivity index (χ3n) is 6.99. The van der Waals surface area contributed by atoms with Crippen LogP contribution in [-0.4, -0.2) is 0 Å². The highest BCUT2D eigenvalue weighted by Gasteiger charge is 1.99. The van der Waals surface area contributed by atoms with Gasteiger partial charge in [0.15, 0.2) is 0 Å². The zero-order valence-corrected chi connectivity index (χ0v) is 21.5. The van der Waals surface area contributed by atoms with Gasteiger partial charge in [-0.1, -0.05) is 36.4 Å². The summed E-state index contributed by atoms with van der Waals surface area (Å²) >= 11 is 0. The third-order valence-corrected chi connectivity index (χ3v) is 6.99. The number of hydrogen-bond acceptors (Lipinski definition) is 0. The maximum Gasteiger partial charge on any atom is -0.0392 e. The Labute approximate surface area is 186 Å². The summed E-state index contributed by atoms with van der Waals surface area (Å²) < 4.78 is 0. The molecule has 3 aromatic rings. The molecule has 0 saturated carbocycles. The van der Waals surface area contributed by atoms with Crippen LogP contribution in [0, 0.1) is 83.1 Å². The summed E-state index contributed by atoms with van der Waals surface area (Å²) in [5.74, 6) is 0. The van der Waals surface area contributed by atoms with Gasteiger partial charge >= 0.3 is 0 Å². The van der Waals surface area contributed by atoms with Crippen LogP contribution in [0.15, 0.2) is 36.4 Å². The van der Waals surface area contributed by atoms with Gasteiger partial charge in [0.25, 0.3) is 0 Å². The van der Waals surface area contributed by atoms with E-state index in [0.29, 0.717) is 0 Å². The molecule has 0 N–H and O–H groups in total. The molecular weight excluding hydrogens is 360 g/mol. The van der Waals surface area contributed by atoms with Crippen LogP contribution in [0.25, 0.3) is 0 Å². The minimum atomic E-state index is 1.39. The molecule has 0 atom stereocenters. The van der Waals surface area contributed by atoms with Gasteiger partial charge in [0.2, 0.25) is 0 Å². The Hall–Kier alpha value is -2.34. The van der Waals surface area contributed by atoms with Crippen molar-refractivity contribution in [3.63, 3.8) is 0 Å². The van der Waals surface area contributed by atoms with Crippen LogP contribution in [-0.2, 0) is 0 Å². The fraction of sp³-hybridized carbons (Fsp3) is 0.400. The first-order valence-electron chi connectivity index (χ1n) is 11.0. The Morgan fingerprint density at radius 3 is 0.433 bits per heavy atom. The molecule has 30 heavy (non-hydrogen) atoms. The van der Waals surface area contributed by atoms with Crippen LogP contribution in [0.5, 0.6) is 0 Å². The standard InChI is InChI=1S/3C10H14/c3*1-7-5-6-8(2)10(4)9(7)3/h3*5-6H,1-4H3. The van der Waals surface area contributed by atoms with Gasteiger partial charge < -0.3 is 0 Å². The Morgan fingerprint density at radius 2 is 0.333 bits per heavy atom. The van der Waals surface area contributed by atoms with Gasteiger partial charge in [-0.25, -0.2) is 0 Å². The summed E-state index contributed by atoms with van der Waals surface area (Å²) in [6.45, 7) is 26.0. The molecule has 0 spiro atoms. The van der Waals surface area contributed by atoms with E-state index in [9.17, 15) is 0 Å². The lowest BCUT2D eigenvalue weighted by atomic mass is 10.0. The third kappa shape index (κ3) is 6.59. The van der Waals surface area contributed by atoms with Crippen molar-refractivity contribution >= 4 is 0 Å². The van der Waals surface area contributed by atoms with Crippen LogP contribution < -0.4 is 0 Å². The van der Waals surface area contributed by atoms with Gasteiger partial charge in [-0.05, 0) is 150 Å². The second-order valence-corrected chi connectivity index (χ2v) is 8.85. The summed E-state index contributed by atoms with van der Waals surface area (Å²) in [7, 11) is 0. The number of rotatable bonds is 0. The monoisotopic (exact) mass is 402 g/mol. The molecule has 0 aromatic heterocycles. The largest absolute Gasteiger partial charge is 0.0588 e. The quantitative estimate of drug-likeness (QED) is 0.352. The van der Waals surface area contributed by atoms with Gasteiger partial charge in [0.1, 0.15) is 0 Å². The second-order valence-electron chi connectivity index (χ2n) is 8.85. The van der Waals surface area contributed by atoms with E-state index in [4.69, 9.17) is 0 Å². The number of benzene rings is 3. The smallest absolute Gasteiger partial charge is 0.0392 e. The normalized spacial score (nSPS) is 10.0. The lowest BCUT2D eigenvalue weighted by Crippen LogP contribution is -1.88. The highest BCUT2D eigenvalue weighted by atomic mass is 14.0. The fourth-order valence-electron chi connectivity index (χ4n) is 3.27. The highest BCUT2D eigenvalue weighted by Crippen LogP contribution is 2.17. The van der Waals surface area contributed by atoms with Crippen molar-refractivity contribution in [3.05, 3.63) is 103 Å². The van der Waals surface area contributed by atoms with Gasteiger partial charge in [0, 0.05) is 0 Å². The van der Waals surface area contributed by atoms with E-state index in [2.05, 4.69) is 119 Å². The zero-order valence-electron chi connectivity index (χ0n) is 21.5. The summed E-state index contributed by atoms with van der Waals surface area (Å²) in [6, 6.07) is 13.1. The first kappa shape index (κ1) is 25.7. The van der Waals surface area contributed by atoms with Crippen molar-refractivity contribution in [1.82, 2.24) is 0 Å². The topological polar surface area (TPSA) is 0 Å². The van der Waals surface area contributed by atoms with E-state index in [1.807, 2.05) is 0 Å². The van der Waals surface area contributed by atoms with E-state index in [1.165, 1.54) is 66.8 Å². The molecule has 0 amide bonds. The molecule has 0 saturated heterocycles. The van der Waals surface area contributed by atoms with Gasteiger partial charge in [-0.15, -0.1) is 0 Å². The van der Waals surface area contributed by atoms with Crippen molar-refractivity contribution in [1.29, 1.82) is 0 Å². The van der Waals surface area contributed by atoms with Crippen LogP contribution in [0.1, 0.15) is 66.8 Å². The molecule has 3 rings (SSSR count). The van der Waals surface area contributed by atoms with E-state index in [1.54, 1.807) is 0 Å². The average Bonchev–Trinajstić information content (AvgIpc) is 2.73. The second kappa shape index (κ2) is 11.2. The molecule has 0 aliphatic carbocycles. The molecule has 162 valence electrons. The van der Waals surface area contributed by atoms with E-state index < -0.39 is 0 Å². The molecule has 0 bridgehead atoms. The highest BCUT2D eigenvalue weighted by molar-refractivity contribution is 5.39. The molecule has 3 aromatic carbocycles. The molecule has 0 aliphatic rings. The van der Waals surface area contributed by atoms with Crippen molar-refractivity contribution < 1.29 is 0 Å². The molecular formula is C30H42. The SMILES string of the molecule is Cc1ccc(C)c(C)c1C.Cc1ccc(C)c(C)c1C.Cc1ccc(C)c(C)c1C. The summed E-state index contributed by atoms with van der Waals surface area (Å²) in [5, 5.41) is 0. The Bertz CT molecular complexity index is 790.